The van der Waals surface area contributed by atoms with Gasteiger partial charge in [0.05, 0.1) is 26.9 Å². The molecule has 4 rings (SSSR count). The van der Waals surface area contributed by atoms with Crippen molar-refractivity contribution in [3.8, 4) is 0 Å². The van der Waals surface area contributed by atoms with Crippen molar-refractivity contribution in [2.24, 2.45) is 0 Å². The van der Waals surface area contributed by atoms with Gasteiger partial charge in [0.1, 0.15) is 0 Å². The number of hydrogen-bond donors (Lipinski definition) is 2. The Balaban J connectivity index is 0.000000241. The van der Waals surface area contributed by atoms with Gasteiger partial charge in [0, 0.05) is 5.38 Å². The molecule has 0 atom stereocenters. The first kappa shape index (κ1) is 35.2. The second-order valence-electron chi connectivity index (χ2n) is 7.48. The Morgan fingerprint density at radius 1 is 0.814 bits per heavy atom. The first-order chi connectivity index (χ1) is 20.2. The summed E-state index contributed by atoms with van der Waals surface area (Å²) >= 11 is 1.85. The number of rotatable bonds is 8. The molecule has 0 saturated carbocycles. The maximum atomic E-state index is 14.0. The first-order valence-corrected chi connectivity index (χ1v) is 16.4. The molecule has 13 nitrogen and oxygen atoms in total. The van der Waals surface area contributed by atoms with Crippen molar-refractivity contribution in [3.63, 3.8) is 0 Å². The summed E-state index contributed by atoms with van der Waals surface area (Å²) in [5.74, 6) is -1.19. The maximum Gasteiger partial charge on any atom is 0.361 e. The van der Waals surface area contributed by atoms with E-state index in [0.717, 1.165) is 24.3 Å². The van der Waals surface area contributed by atoms with Crippen LogP contribution in [0.4, 0.5) is 19.1 Å². The highest BCUT2D eigenvalue weighted by Crippen LogP contribution is 2.24. The average Bonchev–Trinajstić information content (AvgIpc) is 3.58. The van der Waals surface area contributed by atoms with Crippen molar-refractivity contribution < 1.29 is 44.8 Å². The Morgan fingerprint density at radius 2 is 1.28 bits per heavy atom. The number of nitrogens with zero attached hydrogens (tertiary/aromatic N) is 3. The molecule has 4 N–H and O–H groups in total. The van der Waals surface area contributed by atoms with Gasteiger partial charge in [0.2, 0.25) is 5.13 Å². The normalized spacial score (nSPS) is 11.0. The monoisotopic (exact) mass is 677 g/mol. The molecule has 2 aromatic heterocycles. The molecule has 0 spiro atoms. The summed E-state index contributed by atoms with van der Waals surface area (Å²) in [6, 6.07) is 13.0. The lowest BCUT2D eigenvalue weighted by atomic mass is 10.4. The van der Waals surface area contributed by atoms with Crippen molar-refractivity contribution in [3.05, 3.63) is 82.6 Å². The number of thiazole rings is 2. The van der Waals surface area contributed by atoms with Crippen LogP contribution >= 0.6 is 22.7 Å². The first-order valence-electron chi connectivity index (χ1n) is 11.8. The molecule has 0 saturated heterocycles. The number of carbonyl (C=O) groups excluding carboxylic acids is 2. The van der Waals surface area contributed by atoms with Crippen molar-refractivity contribution >= 4 is 64.9 Å². The van der Waals surface area contributed by atoms with Crippen LogP contribution in [0.25, 0.3) is 0 Å². The topological polar surface area (TPSA) is 202 Å². The maximum absolute atomic E-state index is 14.0. The average molecular weight is 678 g/mol. The highest BCUT2D eigenvalue weighted by atomic mass is 32.3. The third-order valence-electron chi connectivity index (χ3n) is 4.54. The molecular weight excluding hydrogens is 653 g/mol. The van der Waals surface area contributed by atoms with E-state index in [1.807, 2.05) is 0 Å². The van der Waals surface area contributed by atoms with Gasteiger partial charge in [0.15, 0.2) is 21.7 Å². The van der Waals surface area contributed by atoms with Crippen LogP contribution in [-0.2, 0) is 29.5 Å². The summed E-state index contributed by atoms with van der Waals surface area (Å²) < 4.78 is 82.6. The van der Waals surface area contributed by atoms with E-state index in [1.54, 1.807) is 19.2 Å². The summed E-state index contributed by atoms with van der Waals surface area (Å²) in [5, 5.41) is 1.28. The molecule has 0 aliphatic heterocycles. The predicted octanol–water partition coefficient (Wildman–Crippen LogP) is 3.89. The fourth-order valence-electron chi connectivity index (χ4n) is 2.71. The predicted molar refractivity (Wildman–Crippen MR) is 155 cm³/mol. The Hall–Kier alpha value is -4.04. The van der Waals surface area contributed by atoms with Crippen molar-refractivity contribution in [1.82, 2.24) is 13.9 Å². The van der Waals surface area contributed by atoms with Crippen LogP contribution in [0.1, 0.15) is 34.8 Å². The fraction of sp³-hybridized carbons (Fsp3) is 0.167. The van der Waals surface area contributed by atoms with E-state index < -0.39 is 50.8 Å². The smallest absolute Gasteiger partial charge is 0.361 e. The van der Waals surface area contributed by atoms with E-state index in [0.29, 0.717) is 23.1 Å². The molecule has 2 aromatic carbocycles. The van der Waals surface area contributed by atoms with Crippen molar-refractivity contribution in [2.75, 3.05) is 24.7 Å². The summed E-state index contributed by atoms with van der Waals surface area (Å²) in [6.45, 7) is 3.92. The lowest BCUT2D eigenvalue weighted by molar-refractivity contribution is 0.0508. The zero-order valence-electron chi connectivity index (χ0n) is 22.4. The Bertz CT molecular complexity index is 1650. The van der Waals surface area contributed by atoms with Crippen LogP contribution < -0.4 is 11.5 Å². The highest BCUT2D eigenvalue weighted by Gasteiger charge is 2.37. The van der Waals surface area contributed by atoms with Crippen LogP contribution in [-0.4, -0.2) is 55.9 Å². The summed E-state index contributed by atoms with van der Waals surface area (Å²) in [5.41, 5.74) is 10.4. The quantitative estimate of drug-likeness (QED) is 0.202. The SMILES string of the molecule is CCOC(=O)c1csc(N)n1.CCOC(=O)c1nc(N)sc1F.O=S(=O)(c1ccccc1)N(F)S(=O)(=O)c1ccccc1. The number of aromatic nitrogens is 2. The molecule has 2 heterocycles. The molecule has 4 aromatic rings. The van der Waals surface area contributed by atoms with Crippen LogP contribution in [0.5, 0.6) is 0 Å². The number of esters is 2. The van der Waals surface area contributed by atoms with Gasteiger partial charge in [-0.15, -0.1) is 15.8 Å². The second kappa shape index (κ2) is 16.0. The minimum atomic E-state index is -4.77. The zero-order valence-corrected chi connectivity index (χ0v) is 25.7. The molecule has 0 radical (unpaired) electrons. The van der Waals surface area contributed by atoms with Gasteiger partial charge >= 0.3 is 11.9 Å². The van der Waals surface area contributed by atoms with Gasteiger partial charge in [-0.25, -0.2) is 36.4 Å². The molecule has 232 valence electrons. The Labute approximate surface area is 253 Å². The minimum absolute atomic E-state index is 0.0237. The number of anilines is 2. The third kappa shape index (κ3) is 9.75. The van der Waals surface area contributed by atoms with Gasteiger partial charge in [-0.3, -0.25) is 0 Å². The summed E-state index contributed by atoms with van der Waals surface area (Å²) in [4.78, 5) is 28.2. The Morgan fingerprint density at radius 3 is 1.65 bits per heavy atom. The van der Waals surface area contributed by atoms with Gasteiger partial charge in [-0.05, 0) is 38.1 Å². The van der Waals surface area contributed by atoms with E-state index in [9.17, 15) is 35.3 Å². The number of nitrogen functional groups attached to an aromatic ring is 2. The molecule has 0 unspecified atom stereocenters. The van der Waals surface area contributed by atoms with Crippen molar-refractivity contribution in [1.29, 1.82) is 0 Å². The molecule has 0 bridgehead atoms. The molecule has 43 heavy (non-hydrogen) atoms. The summed E-state index contributed by atoms with van der Waals surface area (Å²) in [7, 11) is -9.53. The van der Waals surface area contributed by atoms with E-state index >= 15 is 0 Å². The third-order valence-corrected chi connectivity index (χ3v) is 9.55. The van der Waals surface area contributed by atoms with Crippen molar-refractivity contribution in [2.45, 2.75) is 23.6 Å². The van der Waals surface area contributed by atoms with E-state index in [1.165, 1.54) is 47.7 Å². The largest absolute Gasteiger partial charge is 0.461 e. The number of carbonyl (C=O) groups is 2. The minimum Gasteiger partial charge on any atom is -0.461 e. The van der Waals surface area contributed by atoms with Crippen LogP contribution in [0, 0.1) is 5.13 Å². The zero-order chi connectivity index (χ0) is 32.2. The van der Waals surface area contributed by atoms with E-state index in [2.05, 4.69) is 14.7 Å². The molecule has 0 aliphatic carbocycles. The molecule has 0 amide bonds. The fourth-order valence-corrected chi connectivity index (χ4v) is 6.67. The van der Waals surface area contributed by atoms with Crippen LogP contribution in [0.15, 0.2) is 75.8 Å². The molecule has 19 heteroatoms. The molecular formula is C24H25F2N5O8S4. The Kier molecular flexibility index (Phi) is 13.1. The van der Waals surface area contributed by atoms with E-state index in [4.69, 9.17) is 16.2 Å². The lowest BCUT2D eigenvalue weighted by Gasteiger charge is -2.12. The molecule has 0 fully saturated rings. The van der Waals surface area contributed by atoms with Gasteiger partial charge in [0.25, 0.3) is 20.0 Å². The number of hydrogen-bond acceptors (Lipinski definition) is 14. The number of nitrogens with two attached hydrogens (primary N) is 2. The number of ether oxygens (including phenoxy) is 2. The lowest BCUT2D eigenvalue weighted by Crippen LogP contribution is -2.29. The highest BCUT2D eigenvalue weighted by molar-refractivity contribution is 8.03. The van der Waals surface area contributed by atoms with Gasteiger partial charge in [-0.1, -0.05) is 47.7 Å². The standard InChI is InChI=1S/C12H10FNO4S2.C6H7FN2O2S.C6H8N2O2S/c13-14(19(15,16)11-7-3-1-4-8-11)20(17,18)12-9-5-2-6-10-12;1-2-11-5(10)3-4(7)12-6(8)9-3;1-2-10-5(9)4-3-11-6(7)8-4/h1-10H;2H2,1H3,(H2,8,9);3H,2H2,1H3,(H2,7,8). The van der Waals surface area contributed by atoms with Gasteiger partial charge < -0.3 is 20.9 Å². The number of benzene rings is 2. The molecule has 0 aliphatic rings. The van der Waals surface area contributed by atoms with Gasteiger partial charge in [-0.2, -0.15) is 4.39 Å². The second-order valence-corrected chi connectivity index (χ2v) is 13.1. The van der Waals surface area contributed by atoms with Crippen LogP contribution in [0.3, 0.4) is 0 Å². The number of halogens is 2. The number of sulfonamides is 2. The van der Waals surface area contributed by atoms with E-state index in [-0.39, 0.29) is 23.1 Å². The summed E-state index contributed by atoms with van der Waals surface area (Å²) in [6.07, 6.45) is 0. The van der Waals surface area contributed by atoms with Crippen LogP contribution in [0.2, 0.25) is 0 Å².